The third kappa shape index (κ3) is 3.12. The smallest absolute Gasteiger partial charge is 0.262 e. The Morgan fingerprint density at radius 3 is 2.88 bits per heavy atom. The molecule has 98 valence electrons. The topological polar surface area (TPSA) is 78.9 Å². The minimum atomic E-state index is -1.68. The summed E-state index contributed by atoms with van der Waals surface area (Å²) in [7, 11) is 1.32. The number of amides is 1. The molecule has 1 aliphatic rings. The summed E-state index contributed by atoms with van der Waals surface area (Å²) < 4.78 is 17.9. The Morgan fingerprint density at radius 2 is 2.35 bits per heavy atom. The predicted octanol–water partition coefficient (Wildman–Crippen LogP) is 0.374. The van der Waals surface area contributed by atoms with Gasteiger partial charge in [0.25, 0.3) is 5.91 Å². The summed E-state index contributed by atoms with van der Waals surface area (Å²) >= 11 is -1.68. The number of nitrogens with one attached hydrogen (secondary N) is 1. The first-order valence-electron chi connectivity index (χ1n) is 5.36. The molecule has 0 fully saturated rings. The van der Waals surface area contributed by atoms with Gasteiger partial charge in [-0.1, -0.05) is 18.6 Å². The summed E-state index contributed by atoms with van der Waals surface area (Å²) in [5, 5.41) is 8.77. The molecule has 0 aromatic carbocycles. The van der Waals surface area contributed by atoms with Crippen LogP contribution in [-0.4, -0.2) is 39.3 Å². The van der Waals surface area contributed by atoms with Crippen LogP contribution in [0.15, 0.2) is 11.6 Å². The van der Waals surface area contributed by atoms with Gasteiger partial charge >= 0.3 is 0 Å². The molecule has 0 radical (unpaired) electrons. The fourth-order valence-electron chi connectivity index (χ4n) is 1.93. The average Bonchev–Trinajstić information content (AvgIpc) is 2.48. The van der Waals surface area contributed by atoms with Crippen LogP contribution < -0.4 is 5.48 Å². The minimum Gasteiger partial charge on any atom is -0.289 e. The molecule has 0 spiro atoms. The van der Waals surface area contributed by atoms with Crippen LogP contribution in [0.3, 0.4) is 0 Å². The molecule has 0 aromatic rings. The van der Waals surface area contributed by atoms with E-state index in [0.717, 1.165) is 5.57 Å². The zero-order chi connectivity index (χ0) is 13.0. The van der Waals surface area contributed by atoms with Crippen LogP contribution in [0.1, 0.15) is 20.3 Å². The van der Waals surface area contributed by atoms with Gasteiger partial charge in [0, 0.05) is 12.5 Å². The van der Waals surface area contributed by atoms with E-state index < -0.39 is 23.2 Å². The first kappa shape index (κ1) is 14.3. The first-order chi connectivity index (χ1) is 8.02. The van der Waals surface area contributed by atoms with Gasteiger partial charge in [0.1, 0.15) is 6.04 Å². The van der Waals surface area contributed by atoms with E-state index in [1.165, 1.54) is 11.4 Å². The molecule has 1 rings (SSSR count). The highest BCUT2D eigenvalue weighted by molar-refractivity contribution is 7.77. The van der Waals surface area contributed by atoms with Gasteiger partial charge < -0.3 is 0 Å². The van der Waals surface area contributed by atoms with E-state index in [-0.39, 0.29) is 5.92 Å². The molecule has 0 saturated heterocycles. The van der Waals surface area contributed by atoms with Crippen LogP contribution >= 0.6 is 0 Å². The third-order valence-electron chi connectivity index (χ3n) is 3.03. The Balaban J connectivity index is 3.03. The normalized spacial score (nSPS) is 28.1. The Morgan fingerprint density at radius 1 is 1.71 bits per heavy atom. The number of nitrogens with zero attached hydrogens (tertiary/aromatic N) is 1. The van der Waals surface area contributed by atoms with Gasteiger partial charge in [-0.05, 0) is 13.3 Å². The SMILES string of the molecule is COS(=O)N1CCC=C(C)C(C)C1C(=O)NO. The second-order valence-corrected chi connectivity index (χ2v) is 5.21. The minimum absolute atomic E-state index is 0.135. The number of carbonyl (C=O) groups excluding carboxylic acids is 1. The molecule has 3 unspecified atom stereocenters. The van der Waals surface area contributed by atoms with Gasteiger partial charge in [-0.15, -0.1) is 0 Å². The molecule has 17 heavy (non-hydrogen) atoms. The van der Waals surface area contributed by atoms with Gasteiger partial charge in [-0.2, -0.15) is 4.31 Å². The Hall–Kier alpha value is -0.760. The van der Waals surface area contributed by atoms with Crippen LogP contribution in [0.5, 0.6) is 0 Å². The van der Waals surface area contributed by atoms with E-state index >= 15 is 0 Å². The molecular formula is C10H18N2O4S. The largest absolute Gasteiger partial charge is 0.289 e. The summed E-state index contributed by atoms with van der Waals surface area (Å²) in [6.07, 6.45) is 2.70. The van der Waals surface area contributed by atoms with Crippen molar-refractivity contribution in [3.8, 4) is 0 Å². The molecule has 0 bridgehead atoms. The van der Waals surface area contributed by atoms with Crippen molar-refractivity contribution in [3.63, 3.8) is 0 Å². The second-order valence-electron chi connectivity index (χ2n) is 3.97. The van der Waals surface area contributed by atoms with Crippen molar-refractivity contribution < 1.29 is 18.4 Å². The molecule has 0 aliphatic carbocycles. The number of hydroxylamine groups is 1. The van der Waals surface area contributed by atoms with Crippen molar-refractivity contribution in [2.75, 3.05) is 13.7 Å². The summed E-state index contributed by atoms with van der Waals surface area (Å²) in [4.78, 5) is 11.7. The maximum atomic E-state index is 11.7. The van der Waals surface area contributed by atoms with Crippen LogP contribution in [0.4, 0.5) is 0 Å². The maximum absolute atomic E-state index is 11.7. The second kappa shape index (κ2) is 6.25. The molecule has 0 aromatic heterocycles. The lowest BCUT2D eigenvalue weighted by molar-refractivity contribution is -0.134. The summed E-state index contributed by atoms with van der Waals surface area (Å²) in [5.74, 6) is -0.707. The molecular weight excluding hydrogens is 244 g/mol. The molecule has 6 nitrogen and oxygen atoms in total. The van der Waals surface area contributed by atoms with Crippen LogP contribution in [-0.2, 0) is 20.2 Å². The molecule has 0 saturated carbocycles. The number of hydrogen-bond acceptors (Lipinski definition) is 4. The molecule has 1 aliphatic heterocycles. The number of hydrogen-bond donors (Lipinski definition) is 2. The first-order valence-corrected chi connectivity index (χ1v) is 6.39. The van der Waals surface area contributed by atoms with E-state index in [9.17, 15) is 9.00 Å². The van der Waals surface area contributed by atoms with Crippen molar-refractivity contribution >= 4 is 17.2 Å². The van der Waals surface area contributed by atoms with E-state index in [4.69, 9.17) is 9.39 Å². The predicted molar refractivity (Wildman–Crippen MR) is 63.1 cm³/mol. The van der Waals surface area contributed by atoms with Gasteiger partial charge in [0.15, 0.2) is 0 Å². The summed E-state index contributed by atoms with van der Waals surface area (Å²) in [5.41, 5.74) is 2.66. The highest BCUT2D eigenvalue weighted by atomic mass is 32.2. The highest BCUT2D eigenvalue weighted by Gasteiger charge is 2.36. The zero-order valence-electron chi connectivity index (χ0n) is 10.2. The van der Waals surface area contributed by atoms with Gasteiger partial charge in [0.2, 0.25) is 11.3 Å². The molecule has 1 amide bonds. The molecule has 1 heterocycles. The lowest BCUT2D eigenvalue weighted by atomic mass is 9.94. The van der Waals surface area contributed by atoms with Crippen molar-refractivity contribution in [2.45, 2.75) is 26.3 Å². The Labute approximate surface area is 103 Å². The van der Waals surface area contributed by atoms with Gasteiger partial charge in [0.05, 0.1) is 7.11 Å². The summed E-state index contributed by atoms with van der Waals surface area (Å²) in [6.45, 7) is 4.22. The van der Waals surface area contributed by atoms with Crippen LogP contribution in [0, 0.1) is 5.92 Å². The van der Waals surface area contributed by atoms with Crippen LogP contribution in [0.25, 0.3) is 0 Å². The standard InChI is InChI=1S/C10H18N2O4S/c1-7-5-4-6-12(17(15)16-3)9(8(7)2)10(13)11-14/h5,8-9,14H,4,6H2,1-3H3,(H,11,13). The highest BCUT2D eigenvalue weighted by Crippen LogP contribution is 2.25. The Kier molecular flexibility index (Phi) is 5.26. The average molecular weight is 262 g/mol. The molecule has 3 atom stereocenters. The lowest BCUT2D eigenvalue weighted by Gasteiger charge is -2.29. The van der Waals surface area contributed by atoms with Crippen molar-refractivity contribution in [1.82, 2.24) is 9.79 Å². The van der Waals surface area contributed by atoms with E-state index in [1.807, 2.05) is 19.9 Å². The molecule has 2 N–H and O–H groups in total. The third-order valence-corrected chi connectivity index (χ3v) is 4.11. The Bertz CT molecular complexity index is 345. The van der Waals surface area contributed by atoms with Gasteiger partial charge in [-0.3, -0.25) is 14.2 Å². The quantitative estimate of drug-likeness (QED) is 0.438. The lowest BCUT2D eigenvalue weighted by Crippen LogP contribution is -2.50. The fourth-order valence-corrected chi connectivity index (χ4v) is 2.84. The van der Waals surface area contributed by atoms with Crippen molar-refractivity contribution in [1.29, 1.82) is 0 Å². The number of carbonyl (C=O) groups is 1. The van der Waals surface area contributed by atoms with E-state index in [0.29, 0.717) is 13.0 Å². The monoisotopic (exact) mass is 262 g/mol. The van der Waals surface area contributed by atoms with E-state index in [1.54, 1.807) is 5.48 Å². The zero-order valence-corrected chi connectivity index (χ0v) is 11.0. The number of rotatable bonds is 3. The van der Waals surface area contributed by atoms with E-state index in [2.05, 4.69) is 0 Å². The van der Waals surface area contributed by atoms with Crippen LogP contribution in [0.2, 0.25) is 0 Å². The van der Waals surface area contributed by atoms with Crippen molar-refractivity contribution in [3.05, 3.63) is 11.6 Å². The fraction of sp³-hybridized carbons (Fsp3) is 0.700. The summed E-state index contributed by atoms with van der Waals surface area (Å²) in [6, 6.07) is -0.695. The van der Waals surface area contributed by atoms with Gasteiger partial charge in [-0.25, -0.2) is 9.69 Å². The van der Waals surface area contributed by atoms with Crippen molar-refractivity contribution in [2.24, 2.45) is 5.92 Å². The molecule has 7 heteroatoms. The maximum Gasteiger partial charge on any atom is 0.262 e.